The Kier molecular flexibility index (Phi) is 5.46. The Morgan fingerprint density at radius 2 is 1.64 bits per heavy atom. The van der Waals surface area contributed by atoms with E-state index >= 15 is 0 Å². The molecule has 1 saturated heterocycles. The van der Waals surface area contributed by atoms with Gasteiger partial charge in [-0.3, -0.25) is 4.79 Å². The van der Waals surface area contributed by atoms with Crippen molar-refractivity contribution in [2.75, 3.05) is 13.1 Å². The Bertz CT molecular complexity index is 697. The second-order valence-corrected chi connectivity index (χ2v) is 6.55. The van der Waals surface area contributed by atoms with E-state index in [4.69, 9.17) is 5.73 Å². The van der Waals surface area contributed by atoms with Crippen LogP contribution in [-0.2, 0) is 4.79 Å². The highest BCUT2D eigenvalue weighted by Crippen LogP contribution is 2.31. The highest BCUT2D eigenvalue weighted by atomic mass is 19.1. The van der Waals surface area contributed by atoms with Gasteiger partial charge < -0.3 is 15.7 Å². The number of nitrogens with zero attached hydrogens (tertiary/aromatic N) is 1. The number of benzene rings is 2. The van der Waals surface area contributed by atoms with Crippen LogP contribution in [0, 0.1) is 11.7 Å². The van der Waals surface area contributed by atoms with Gasteiger partial charge in [0.15, 0.2) is 0 Å². The van der Waals surface area contributed by atoms with Crippen LogP contribution in [0.1, 0.15) is 36.1 Å². The number of nitrogens with two attached hydrogens (primary N) is 1. The molecule has 0 saturated carbocycles. The molecular weight excluding hydrogens is 319 g/mol. The molecule has 4 nitrogen and oxygen atoms in total. The molecule has 1 aliphatic heterocycles. The highest BCUT2D eigenvalue weighted by Gasteiger charge is 2.30. The monoisotopic (exact) mass is 342 g/mol. The fourth-order valence-electron chi connectivity index (χ4n) is 3.37. The fourth-order valence-corrected chi connectivity index (χ4v) is 3.37. The molecule has 0 aromatic heterocycles. The maximum absolute atomic E-state index is 13.0. The summed E-state index contributed by atoms with van der Waals surface area (Å²) >= 11 is 0. The van der Waals surface area contributed by atoms with Crippen LogP contribution in [0.5, 0.6) is 0 Å². The van der Waals surface area contributed by atoms with Crippen LogP contribution in [0.4, 0.5) is 4.39 Å². The Labute approximate surface area is 147 Å². The largest absolute Gasteiger partial charge is 0.388 e. The number of likely N-dealkylation sites (tertiary alicyclic amines) is 1. The first-order valence-corrected chi connectivity index (χ1v) is 8.59. The number of rotatable bonds is 4. The lowest BCUT2D eigenvalue weighted by Crippen LogP contribution is -2.44. The van der Waals surface area contributed by atoms with Crippen LogP contribution < -0.4 is 5.73 Å². The summed E-state index contributed by atoms with van der Waals surface area (Å²) in [5.74, 6) is -0.338. The van der Waals surface area contributed by atoms with Gasteiger partial charge in [0.1, 0.15) is 11.9 Å². The van der Waals surface area contributed by atoms with Gasteiger partial charge in [-0.2, -0.15) is 0 Å². The average molecular weight is 342 g/mol. The van der Waals surface area contributed by atoms with Crippen molar-refractivity contribution >= 4 is 5.91 Å². The zero-order chi connectivity index (χ0) is 17.8. The van der Waals surface area contributed by atoms with Gasteiger partial charge in [0.25, 0.3) is 0 Å². The molecule has 132 valence electrons. The summed E-state index contributed by atoms with van der Waals surface area (Å²) in [6.07, 6.45) is 0.762. The summed E-state index contributed by atoms with van der Waals surface area (Å²) in [5, 5.41) is 10.5. The van der Waals surface area contributed by atoms with Gasteiger partial charge in [-0.1, -0.05) is 42.5 Å². The molecule has 2 atom stereocenters. The van der Waals surface area contributed by atoms with Crippen molar-refractivity contribution in [3.05, 3.63) is 71.5 Å². The number of carbonyl (C=O) groups is 1. The van der Waals surface area contributed by atoms with Crippen LogP contribution in [0.25, 0.3) is 0 Å². The standard InChI is InChI=1S/C20H23FN2O2/c21-17-8-6-15(7-9-17)19(24)16-10-12-23(13-11-16)20(25)18(22)14-4-2-1-3-5-14/h1-9,16,18-19,24H,10-13,22H2. The van der Waals surface area contributed by atoms with Crippen molar-refractivity contribution in [2.24, 2.45) is 11.7 Å². The van der Waals surface area contributed by atoms with E-state index in [2.05, 4.69) is 0 Å². The van der Waals surface area contributed by atoms with Gasteiger partial charge in [-0.25, -0.2) is 4.39 Å². The maximum atomic E-state index is 13.0. The summed E-state index contributed by atoms with van der Waals surface area (Å²) in [6.45, 7) is 1.14. The SMILES string of the molecule is NC(C(=O)N1CCC(C(O)c2ccc(F)cc2)CC1)c1ccccc1. The molecule has 1 aliphatic rings. The van der Waals surface area contributed by atoms with Gasteiger partial charge in [0.05, 0.1) is 6.10 Å². The number of hydrogen-bond donors (Lipinski definition) is 2. The fraction of sp³-hybridized carbons (Fsp3) is 0.350. The van der Waals surface area contributed by atoms with E-state index in [-0.39, 0.29) is 17.6 Å². The Morgan fingerprint density at radius 1 is 1.04 bits per heavy atom. The molecule has 0 spiro atoms. The number of carbonyl (C=O) groups excluding carboxylic acids is 1. The van der Waals surface area contributed by atoms with Crippen LogP contribution in [0.2, 0.25) is 0 Å². The number of aliphatic hydroxyl groups excluding tert-OH is 1. The minimum Gasteiger partial charge on any atom is -0.388 e. The lowest BCUT2D eigenvalue weighted by molar-refractivity contribution is -0.134. The lowest BCUT2D eigenvalue weighted by atomic mass is 9.87. The summed E-state index contributed by atoms with van der Waals surface area (Å²) in [4.78, 5) is 14.3. The summed E-state index contributed by atoms with van der Waals surface area (Å²) in [5.41, 5.74) is 7.61. The molecule has 2 aromatic rings. The smallest absolute Gasteiger partial charge is 0.244 e. The summed E-state index contributed by atoms with van der Waals surface area (Å²) in [7, 11) is 0. The third-order valence-electron chi connectivity index (χ3n) is 4.93. The van der Waals surface area contributed by atoms with E-state index in [0.717, 1.165) is 5.56 Å². The second-order valence-electron chi connectivity index (χ2n) is 6.55. The first kappa shape index (κ1) is 17.6. The number of amides is 1. The second kappa shape index (κ2) is 7.76. The molecule has 0 radical (unpaired) electrons. The molecule has 2 aromatic carbocycles. The van der Waals surface area contributed by atoms with Crippen molar-refractivity contribution in [3.63, 3.8) is 0 Å². The Morgan fingerprint density at radius 3 is 2.24 bits per heavy atom. The highest BCUT2D eigenvalue weighted by molar-refractivity contribution is 5.83. The molecule has 3 N–H and O–H groups in total. The van der Waals surface area contributed by atoms with Crippen molar-refractivity contribution in [1.29, 1.82) is 0 Å². The predicted molar refractivity (Wildman–Crippen MR) is 94.0 cm³/mol. The van der Waals surface area contributed by atoms with Gasteiger partial charge in [0.2, 0.25) is 5.91 Å². The summed E-state index contributed by atoms with van der Waals surface area (Å²) in [6, 6.07) is 14.6. The lowest BCUT2D eigenvalue weighted by Gasteiger charge is -2.35. The quantitative estimate of drug-likeness (QED) is 0.898. The van der Waals surface area contributed by atoms with Crippen molar-refractivity contribution < 1.29 is 14.3 Å². The minimum absolute atomic E-state index is 0.0578. The molecule has 2 unspecified atom stereocenters. The predicted octanol–water partition coefficient (Wildman–Crippen LogP) is 2.80. The average Bonchev–Trinajstić information content (AvgIpc) is 2.67. The normalized spacial score (nSPS) is 18.0. The molecular formula is C20H23FN2O2. The third kappa shape index (κ3) is 4.06. The zero-order valence-electron chi connectivity index (χ0n) is 14.0. The third-order valence-corrected chi connectivity index (χ3v) is 4.93. The molecule has 1 fully saturated rings. The van der Waals surface area contributed by atoms with Gasteiger partial charge in [0, 0.05) is 13.1 Å². The number of halogens is 1. The van der Waals surface area contributed by atoms with Gasteiger partial charge >= 0.3 is 0 Å². The topological polar surface area (TPSA) is 66.6 Å². The molecule has 3 rings (SSSR count). The zero-order valence-corrected chi connectivity index (χ0v) is 14.0. The van der Waals surface area contributed by atoms with E-state index in [0.29, 0.717) is 31.5 Å². The first-order valence-electron chi connectivity index (χ1n) is 8.59. The number of piperidine rings is 1. The van der Waals surface area contributed by atoms with Crippen molar-refractivity contribution in [2.45, 2.75) is 25.0 Å². The van der Waals surface area contributed by atoms with Crippen LogP contribution in [0.3, 0.4) is 0 Å². The van der Waals surface area contributed by atoms with Gasteiger partial charge in [-0.15, -0.1) is 0 Å². The molecule has 25 heavy (non-hydrogen) atoms. The molecule has 1 heterocycles. The van der Waals surface area contributed by atoms with E-state index < -0.39 is 12.1 Å². The first-order chi connectivity index (χ1) is 12.1. The van der Waals surface area contributed by atoms with E-state index in [1.165, 1.54) is 12.1 Å². The van der Waals surface area contributed by atoms with Crippen LogP contribution in [-0.4, -0.2) is 29.0 Å². The number of aliphatic hydroxyl groups is 1. The molecule has 0 bridgehead atoms. The van der Waals surface area contributed by atoms with E-state index in [1.807, 2.05) is 30.3 Å². The van der Waals surface area contributed by atoms with Crippen LogP contribution >= 0.6 is 0 Å². The van der Waals surface area contributed by atoms with Crippen LogP contribution in [0.15, 0.2) is 54.6 Å². The summed E-state index contributed by atoms with van der Waals surface area (Å²) < 4.78 is 13.0. The Hall–Kier alpha value is -2.24. The maximum Gasteiger partial charge on any atom is 0.244 e. The molecule has 0 aliphatic carbocycles. The molecule has 1 amide bonds. The van der Waals surface area contributed by atoms with Gasteiger partial charge in [-0.05, 0) is 42.0 Å². The van der Waals surface area contributed by atoms with Crippen molar-refractivity contribution in [3.8, 4) is 0 Å². The van der Waals surface area contributed by atoms with E-state index in [9.17, 15) is 14.3 Å². The van der Waals surface area contributed by atoms with Crippen molar-refractivity contribution in [1.82, 2.24) is 4.90 Å². The van der Waals surface area contributed by atoms with E-state index in [1.54, 1.807) is 17.0 Å². The Balaban J connectivity index is 1.58. The minimum atomic E-state index is -0.653. The number of hydrogen-bond acceptors (Lipinski definition) is 3. The molecule has 5 heteroatoms.